The van der Waals surface area contributed by atoms with E-state index in [4.69, 9.17) is 16.1 Å². The van der Waals surface area contributed by atoms with Crippen molar-refractivity contribution in [1.29, 1.82) is 0 Å². The summed E-state index contributed by atoms with van der Waals surface area (Å²) in [6.45, 7) is 7.62. The summed E-state index contributed by atoms with van der Waals surface area (Å²) in [4.78, 5) is 13.3. The SMILES string of the molecule is Cc1ccc(Cl)cc1N1CCN(c2ncnc3onc(C)c23)CC1. The van der Waals surface area contributed by atoms with Gasteiger partial charge in [0.1, 0.15) is 17.5 Å². The highest BCUT2D eigenvalue weighted by Crippen LogP contribution is 2.29. The molecule has 1 aliphatic rings. The third kappa shape index (κ3) is 2.57. The van der Waals surface area contributed by atoms with E-state index in [1.165, 1.54) is 17.6 Å². The second kappa shape index (κ2) is 5.94. The number of fused-ring (bicyclic) bond motifs is 1. The van der Waals surface area contributed by atoms with E-state index in [1.54, 1.807) is 0 Å². The molecule has 0 atom stereocenters. The topological polar surface area (TPSA) is 58.3 Å². The molecular weight excluding hydrogens is 326 g/mol. The van der Waals surface area contributed by atoms with Gasteiger partial charge in [-0.3, -0.25) is 0 Å². The van der Waals surface area contributed by atoms with E-state index in [9.17, 15) is 0 Å². The molecule has 0 radical (unpaired) electrons. The van der Waals surface area contributed by atoms with Gasteiger partial charge in [-0.15, -0.1) is 0 Å². The van der Waals surface area contributed by atoms with Crippen molar-refractivity contribution in [3.05, 3.63) is 40.8 Å². The largest absolute Gasteiger partial charge is 0.368 e. The highest BCUT2D eigenvalue weighted by molar-refractivity contribution is 6.30. The fourth-order valence-electron chi connectivity index (χ4n) is 3.23. The standard InChI is InChI=1S/C17H18ClN5O/c1-11-3-4-13(18)9-14(11)22-5-7-23(8-6-22)16-15-12(2)21-24-17(15)20-10-19-16/h3-4,9-10H,5-8H2,1-2H3. The molecule has 0 N–H and O–H groups in total. The predicted molar refractivity (Wildman–Crippen MR) is 95.0 cm³/mol. The summed E-state index contributed by atoms with van der Waals surface area (Å²) in [5.74, 6) is 0.904. The molecule has 0 bridgehead atoms. The molecule has 1 fully saturated rings. The van der Waals surface area contributed by atoms with Crippen molar-refractivity contribution in [2.45, 2.75) is 13.8 Å². The van der Waals surface area contributed by atoms with Gasteiger partial charge in [0, 0.05) is 36.9 Å². The first-order valence-electron chi connectivity index (χ1n) is 7.96. The van der Waals surface area contributed by atoms with Crippen LogP contribution in [0.15, 0.2) is 29.0 Å². The molecule has 1 aromatic carbocycles. The van der Waals surface area contributed by atoms with Gasteiger partial charge in [-0.1, -0.05) is 22.8 Å². The molecule has 124 valence electrons. The molecule has 0 spiro atoms. The zero-order valence-electron chi connectivity index (χ0n) is 13.7. The van der Waals surface area contributed by atoms with Crippen molar-refractivity contribution in [2.24, 2.45) is 0 Å². The van der Waals surface area contributed by atoms with Crippen LogP contribution in [0.4, 0.5) is 11.5 Å². The number of hydrogen-bond donors (Lipinski definition) is 0. The Kier molecular flexibility index (Phi) is 3.76. The fourth-order valence-corrected chi connectivity index (χ4v) is 3.39. The van der Waals surface area contributed by atoms with Gasteiger partial charge in [-0.2, -0.15) is 4.98 Å². The lowest BCUT2D eigenvalue weighted by molar-refractivity contribution is 0.442. The van der Waals surface area contributed by atoms with Gasteiger partial charge in [0.05, 0.1) is 5.69 Å². The zero-order valence-corrected chi connectivity index (χ0v) is 14.4. The number of hydrogen-bond acceptors (Lipinski definition) is 6. The molecule has 0 unspecified atom stereocenters. The number of aromatic nitrogens is 3. The number of halogens is 1. The minimum absolute atomic E-state index is 0.547. The lowest BCUT2D eigenvalue weighted by atomic mass is 10.1. The van der Waals surface area contributed by atoms with Crippen LogP contribution in [0.25, 0.3) is 11.1 Å². The van der Waals surface area contributed by atoms with Gasteiger partial charge in [0.2, 0.25) is 0 Å². The van der Waals surface area contributed by atoms with Crippen LogP contribution >= 0.6 is 11.6 Å². The van der Waals surface area contributed by atoms with Gasteiger partial charge >= 0.3 is 0 Å². The van der Waals surface area contributed by atoms with E-state index in [0.717, 1.165) is 48.1 Å². The van der Waals surface area contributed by atoms with Gasteiger partial charge in [0.25, 0.3) is 5.71 Å². The summed E-state index contributed by atoms with van der Waals surface area (Å²) in [6, 6.07) is 6.04. The van der Waals surface area contributed by atoms with Crippen LogP contribution in [-0.2, 0) is 0 Å². The maximum atomic E-state index is 6.16. The Labute approximate surface area is 145 Å². The molecule has 0 saturated carbocycles. The molecule has 6 nitrogen and oxygen atoms in total. The summed E-state index contributed by atoms with van der Waals surface area (Å²) in [5.41, 5.74) is 3.82. The maximum absolute atomic E-state index is 6.16. The number of rotatable bonds is 2. The zero-order chi connectivity index (χ0) is 16.7. The third-order valence-corrected chi connectivity index (χ3v) is 4.75. The Bertz CT molecular complexity index is 886. The first kappa shape index (κ1) is 15.2. The van der Waals surface area contributed by atoms with Crippen LogP contribution < -0.4 is 9.80 Å². The van der Waals surface area contributed by atoms with Crippen molar-refractivity contribution in [3.8, 4) is 0 Å². The summed E-state index contributed by atoms with van der Waals surface area (Å²) in [7, 11) is 0. The summed E-state index contributed by atoms with van der Waals surface area (Å²) < 4.78 is 5.25. The normalized spacial score (nSPS) is 15.3. The van der Waals surface area contributed by atoms with Gasteiger partial charge in [0.15, 0.2) is 0 Å². The Balaban J connectivity index is 1.58. The molecule has 7 heteroatoms. The summed E-state index contributed by atoms with van der Waals surface area (Å²) >= 11 is 6.16. The number of benzene rings is 1. The van der Waals surface area contributed by atoms with Crippen LogP contribution in [0.1, 0.15) is 11.3 Å². The van der Waals surface area contributed by atoms with Crippen LogP contribution in [0.3, 0.4) is 0 Å². The molecule has 1 aliphatic heterocycles. The Hall–Kier alpha value is -2.34. The van der Waals surface area contributed by atoms with Gasteiger partial charge in [-0.25, -0.2) is 4.98 Å². The minimum atomic E-state index is 0.547. The van der Waals surface area contributed by atoms with Crippen molar-refractivity contribution < 1.29 is 4.52 Å². The summed E-state index contributed by atoms with van der Waals surface area (Å²) in [6.07, 6.45) is 1.54. The van der Waals surface area contributed by atoms with Crippen LogP contribution in [0, 0.1) is 13.8 Å². The molecule has 3 aromatic rings. The monoisotopic (exact) mass is 343 g/mol. The van der Waals surface area contributed by atoms with Crippen molar-refractivity contribution in [3.63, 3.8) is 0 Å². The smallest absolute Gasteiger partial charge is 0.263 e. The van der Waals surface area contributed by atoms with Gasteiger partial charge < -0.3 is 14.3 Å². The van der Waals surface area contributed by atoms with Crippen LogP contribution in [0.5, 0.6) is 0 Å². The molecule has 3 heterocycles. The Morgan fingerprint density at radius 2 is 1.79 bits per heavy atom. The van der Waals surface area contributed by atoms with Crippen LogP contribution in [0.2, 0.25) is 5.02 Å². The van der Waals surface area contributed by atoms with Crippen molar-refractivity contribution in [1.82, 2.24) is 15.1 Å². The van der Waals surface area contributed by atoms with Gasteiger partial charge in [-0.05, 0) is 31.5 Å². The van der Waals surface area contributed by atoms with E-state index >= 15 is 0 Å². The summed E-state index contributed by atoms with van der Waals surface area (Å²) in [5, 5.41) is 5.69. The number of piperazine rings is 1. The highest BCUT2D eigenvalue weighted by atomic mass is 35.5. The second-order valence-corrected chi connectivity index (χ2v) is 6.49. The average Bonchev–Trinajstić information content (AvgIpc) is 2.99. The third-order valence-electron chi connectivity index (χ3n) is 4.51. The second-order valence-electron chi connectivity index (χ2n) is 6.05. The average molecular weight is 344 g/mol. The quantitative estimate of drug-likeness (QED) is 0.712. The lowest BCUT2D eigenvalue weighted by Gasteiger charge is -2.37. The number of aryl methyl sites for hydroxylation is 2. The molecule has 4 rings (SSSR count). The number of anilines is 2. The molecule has 0 amide bonds. The van der Waals surface area contributed by atoms with E-state index in [-0.39, 0.29) is 0 Å². The lowest BCUT2D eigenvalue weighted by Crippen LogP contribution is -2.47. The first-order chi connectivity index (χ1) is 11.6. The first-order valence-corrected chi connectivity index (χ1v) is 8.34. The van der Waals surface area contributed by atoms with E-state index in [0.29, 0.717) is 5.71 Å². The Morgan fingerprint density at radius 3 is 2.58 bits per heavy atom. The van der Waals surface area contributed by atoms with Crippen LogP contribution in [-0.4, -0.2) is 41.3 Å². The van der Waals surface area contributed by atoms with Crippen molar-refractivity contribution in [2.75, 3.05) is 36.0 Å². The van der Waals surface area contributed by atoms with Crippen molar-refractivity contribution >= 4 is 34.2 Å². The fraction of sp³-hybridized carbons (Fsp3) is 0.353. The van der Waals surface area contributed by atoms with E-state index in [1.807, 2.05) is 19.1 Å². The van der Waals surface area contributed by atoms with E-state index in [2.05, 4.69) is 37.9 Å². The Morgan fingerprint density at radius 1 is 1.04 bits per heavy atom. The highest BCUT2D eigenvalue weighted by Gasteiger charge is 2.23. The molecule has 0 aliphatic carbocycles. The van der Waals surface area contributed by atoms with E-state index < -0.39 is 0 Å². The molecule has 24 heavy (non-hydrogen) atoms. The molecular formula is C17H18ClN5O. The number of nitrogens with zero attached hydrogens (tertiary/aromatic N) is 5. The molecule has 2 aromatic heterocycles. The molecule has 1 saturated heterocycles. The predicted octanol–water partition coefficient (Wildman–Crippen LogP) is 3.21. The minimum Gasteiger partial charge on any atom is -0.368 e. The maximum Gasteiger partial charge on any atom is 0.263 e.